The SMILES string of the molecule is CC1(C)C2CC[C@@]1(C)C(NCCO)C2. The maximum atomic E-state index is 8.85. The van der Waals surface area contributed by atoms with Crippen molar-refractivity contribution in [1.82, 2.24) is 5.32 Å². The Morgan fingerprint density at radius 2 is 2.07 bits per heavy atom. The van der Waals surface area contributed by atoms with E-state index in [4.69, 9.17) is 5.11 Å². The molecule has 2 aliphatic carbocycles. The molecule has 0 radical (unpaired) electrons. The lowest BCUT2D eigenvalue weighted by Gasteiger charge is -2.39. The summed E-state index contributed by atoms with van der Waals surface area (Å²) in [6.07, 6.45) is 4.07. The summed E-state index contributed by atoms with van der Waals surface area (Å²) in [5, 5.41) is 12.4. The van der Waals surface area contributed by atoms with Crippen molar-refractivity contribution in [3.8, 4) is 0 Å². The van der Waals surface area contributed by atoms with Gasteiger partial charge in [0.05, 0.1) is 6.61 Å². The highest BCUT2D eigenvalue weighted by Crippen LogP contribution is 2.65. The van der Waals surface area contributed by atoms with E-state index in [1.54, 1.807) is 0 Å². The van der Waals surface area contributed by atoms with Gasteiger partial charge in [0.2, 0.25) is 0 Å². The first-order valence-electron chi connectivity index (χ1n) is 5.86. The molecule has 0 spiro atoms. The molecule has 0 saturated heterocycles. The molecule has 2 rings (SSSR count). The second-order valence-electron chi connectivity index (χ2n) is 5.84. The van der Waals surface area contributed by atoms with Crippen molar-refractivity contribution in [3.05, 3.63) is 0 Å². The van der Waals surface area contributed by atoms with E-state index in [1.807, 2.05) is 0 Å². The zero-order valence-electron chi connectivity index (χ0n) is 9.64. The molecule has 2 bridgehead atoms. The zero-order valence-corrected chi connectivity index (χ0v) is 9.64. The average molecular weight is 197 g/mol. The van der Waals surface area contributed by atoms with Gasteiger partial charge in [0.1, 0.15) is 0 Å². The fourth-order valence-electron chi connectivity index (χ4n) is 3.75. The number of aliphatic hydroxyl groups excluding tert-OH is 1. The van der Waals surface area contributed by atoms with Gasteiger partial charge < -0.3 is 10.4 Å². The first kappa shape index (κ1) is 10.4. The van der Waals surface area contributed by atoms with Crippen molar-refractivity contribution in [3.63, 3.8) is 0 Å². The third-order valence-corrected chi connectivity index (χ3v) is 5.30. The minimum Gasteiger partial charge on any atom is -0.395 e. The highest BCUT2D eigenvalue weighted by molar-refractivity contribution is 5.12. The summed E-state index contributed by atoms with van der Waals surface area (Å²) in [6.45, 7) is 8.28. The van der Waals surface area contributed by atoms with Crippen LogP contribution in [-0.4, -0.2) is 24.3 Å². The molecule has 2 saturated carbocycles. The molecule has 2 N–H and O–H groups in total. The van der Waals surface area contributed by atoms with Crippen molar-refractivity contribution in [2.75, 3.05) is 13.2 Å². The normalized spacial score (nSPS) is 44.6. The summed E-state index contributed by atoms with van der Waals surface area (Å²) in [5.41, 5.74) is 0.937. The monoisotopic (exact) mass is 197 g/mol. The quantitative estimate of drug-likeness (QED) is 0.723. The third kappa shape index (κ3) is 1.17. The van der Waals surface area contributed by atoms with Crippen LogP contribution in [0.4, 0.5) is 0 Å². The van der Waals surface area contributed by atoms with E-state index in [9.17, 15) is 0 Å². The number of aliphatic hydroxyl groups is 1. The Kier molecular flexibility index (Phi) is 2.39. The molecule has 0 amide bonds. The van der Waals surface area contributed by atoms with Gasteiger partial charge in [-0.15, -0.1) is 0 Å². The molecule has 14 heavy (non-hydrogen) atoms. The van der Waals surface area contributed by atoms with Crippen LogP contribution < -0.4 is 5.32 Å². The summed E-state index contributed by atoms with van der Waals surface area (Å²) < 4.78 is 0. The molecular weight excluding hydrogens is 174 g/mol. The van der Waals surface area contributed by atoms with E-state index >= 15 is 0 Å². The van der Waals surface area contributed by atoms with Crippen LogP contribution in [0.2, 0.25) is 0 Å². The third-order valence-electron chi connectivity index (χ3n) is 5.30. The molecule has 2 nitrogen and oxygen atoms in total. The second-order valence-corrected chi connectivity index (χ2v) is 5.84. The van der Waals surface area contributed by atoms with Gasteiger partial charge in [0.15, 0.2) is 0 Å². The Morgan fingerprint density at radius 1 is 1.36 bits per heavy atom. The highest BCUT2D eigenvalue weighted by atomic mass is 16.3. The predicted molar refractivity (Wildman–Crippen MR) is 58.1 cm³/mol. The number of nitrogens with one attached hydrogen (secondary N) is 1. The predicted octanol–water partition coefficient (Wildman–Crippen LogP) is 1.78. The van der Waals surface area contributed by atoms with E-state index in [1.165, 1.54) is 19.3 Å². The largest absolute Gasteiger partial charge is 0.395 e. The van der Waals surface area contributed by atoms with Crippen LogP contribution in [0.3, 0.4) is 0 Å². The first-order chi connectivity index (χ1) is 6.52. The van der Waals surface area contributed by atoms with E-state index in [-0.39, 0.29) is 6.61 Å². The van der Waals surface area contributed by atoms with E-state index in [2.05, 4.69) is 26.1 Å². The van der Waals surface area contributed by atoms with Gasteiger partial charge in [0.25, 0.3) is 0 Å². The number of hydrogen-bond acceptors (Lipinski definition) is 2. The topological polar surface area (TPSA) is 32.3 Å². The van der Waals surface area contributed by atoms with E-state index in [0.29, 0.717) is 16.9 Å². The van der Waals surface area contributed by atoms with E-state index in [0.717, 1.165) is 12.5 Å². The molecule has 2 heteroatoms. The summed E-state index contributed by atoms with van der Waals surface area (Å²) in [4.78, 5) is 0. The van der Waals surface area contributed by atoms with Crippen molar-refractivity contribution >= 4 is 0 Å². The van der Waals surface area contributed by atoms with Crippen molar-refractivity contribution in [2.45, 2.75) is 46.1 Å². The maximum Gasteiger partial charge on any atom is 0.0556 e. The van der Waals surface area contributed by atoms with Gasteiger partial charge in [-0.05, 0) is 36.0 Å². The molecule has 0 aromatic rings. The van der Waals surface area contributed by atoms with Crippen molar-refractivity contribution in [1.29, 1.82) is 0 Å². The minimum atomic E-state index is 0.262. The van der Waals surface area contributed by atoms with Crippen molar-refractivity contribution < 1.29 is 5.11 Å². The van der Waals surface area contributed by atoms with Gasteiger partial charge in [0, 0.05) is 12.6 Å². The lowest BCUT2D eigenvalue weighted by atomic mass is 9.69. The molecular formula is C12H23NO. The van der Waals surface area contributed by atoms with Gasteiger partial charge in [-0.3, -0.25) is 0 Å². The Labute approximate surface area is 87.1 Å². The average Bonchev–Trinajstić information content (AvgIpc) is 2.46. The maximum absolute atomic E-state index is 8.85. The Balaban J connectivity index is 2.11. The number of rotatable bonds is 3. The Morgan fingerprint density at radius 3 is 2.50 bits per heavy atom. The molecule has 2 fully saturated rings. The van der Waals surface area contributed by atoms with E-state index < -0.39 is 0 Å². The van der Waals surface area contributed by atoms with Crippen molar-refractivity contribution in [2.24, 2.45) is 16.7 Å². The summed E-state index contributed by atoms with van der Waals surface area (Å²) in [7, 11) is 0. The van der Waals surface area contributed by atoms with Crippen LogP contribution in [0.25, 0.3) is 0 Å². The summed E-state index contributed by atoms with van der Waals surface area (Å²) in [6, 6.07) is 0.628. The molecule has 3 atom stereocenters. The summed E-state index contributed by atoms with van der Waals surface area (Å²) in [5.74, 6) is 0.892. The Hall–Kier alpha value is -0.0800. The van der Waals surface area contributed by atoms with Crippen LogP contribution in [0, 0.1) is 16.7 Å². The molecule has 0 heterocycles. The Bertz CT molecular complexity index is 226. The minimum absolute atomic E-state index is 0.262. The molecule has 2 aliphatic rings. The van der Waals surface area contributed by atoms with Gasteiger partial charge in [-0.25, -0.2) is 0 Å². The van der Waals surface area contributed by atoms with Crippen LogP contribution >= 0.6 is 0 Å². The number of fused-ring (bicyclic) bond motifs is 2. The second kappa shape index (κ2) is 3.21. The fourth-order valence-corrected chi connectivity index (χ4v) is 3.75. The van der Waals surface area contributed by atoms with Gasteiger partial charge in [-0.2, -0.15) is 0 Å². The smallest absolute Gasteiger partial charge is 0.0556 e. The van der Waals surface area contributed by atoms with Crippen LogP contribution in [0.15, 0.2) is 0 Å². The first-order valence-corrected chi connectivity index (χ1v) is 5.86. The standard InChI is InChI=1S/C12H23NO/c1-11(2)9-4-5-12(11,3)10(8-9)13-6-7-14/h9-10,13-14H,4-8H2,1-3H3/t9?,10?,12-/m0/s1. The highest BCUT2D eigenvalue weighted by Gasteiger charge is 2.60. The summed E-state index contributed by atoms with van der Waals surface area (Å²) >= 11 is 0. The molecule has 82 valence electrons. The molecule has 2 unspecified atom stereocenters. The van der Waals surface area contributed by atoms with Crippen LogP contribution in [0.5, 0.6) is 0 Å². The van der Waals surface area contributed by atoms with Gasteiger partial charge >= 0.3 is 0 Å². The van der Waals surface area contributed by atoms with Crippen LogP contribution in [-0.2, 0) is 0 Å². The fraction of sp³-hybridized carbons (Fsp3) is 1.00. The van der Waals surface area contributed by atoms with Crippen LogP contribution in [0.1, 0.15) is 40.0 Å². The van der Waals surface area contributed by atoms with Gasteiger partial charge in [-0.1, -0.05) is 20.8 Å². The lowest BCUT2D eigenvalue weighted by Crippen LogP contribution is -2.45. The number of hydrogen-bond donors (Lipinski definition) is 2. The lowest BCUT2D eigenvalue weighted by molar-refractivity contribution is 0.118. The zero-order chi connectivity index (χ0) is 10.4. The molecule has 0 aromatic carbocycles. The molecule has 0 aliphatic heterocycles. The molecule has 0 aromatic heterocycles.